The lowest BCUT2D eigenvalue weighted by Crippen LogP contribution is -2.49. The van der Waals surface area contributed by atoms with Crippen LogP contribution in [0.2, 0.25) is 0 Å². The van der Waals surface area contributed by atoms with Gasteiger partial charge in [0.2, 0.25) is 10.0 Å². The molecule has 0 bridgehead atoms. The van der Waals surface area contributed by atoms with Crippen LogP contribution in [0.1, 0.15) is 18.8 Å². The number of piperazine rings is 1. The van der Waals surface area contributed by atoms with E-state index in [2.05, 4.69) is 20.8 Å². The van der Waals surface area contributed by atoms with E-state index in [-0.39, 0.29) is 16.5 Å². The first kappa shape index (κ1) is 24.0. The molecule has 1 atom stereocenters. The average molecular weight is 535 g/mol. The molecule has 2 aromatic carbocycles. The van der Waals surface area contributed by atoms with Crippen LogP contribution in [0.5, 0.6) is 0 Å². The molecule has 4 rings (SSSR count). The molecule has 10 heteroatoms. The topological polar surface area (TPSA) is 84.7 Å². The van der Waals surface area contributed by atoms with E-state index in [9.17, 15) is 13.2 Å². The molecule has 0 N–H and O–H groups in total. The van der Waals surface area contributed by atoms with Crippen molar-refractivity contribution in [3.8, 4) is 0 Å². The van der Waals surface area contributed by atoms with Gasteiger partial charge in [0.05, 0.1) is 35.0 Å². The van der Waals surface area contributed by atoms with Crippen molar-refractivity contribution in [2.75, 3.05) is 39.9 Å². The zero-order chi connectivity index (χ0) is 23.6. The quantitative estimate of drug-likeness (QED) is 0.463. The molecule has 1 unspecified atom stereocenters. The summed E-state index contributed by atoms with van der Waals surface area (Å²) in [7, 11) is -1.94. The number of ether oxygens (including phenoxy) is 1. The Kier molecular flexibility index (Phi) is 7.30. The SMILES string of the molecule is COCCn1c(C(C)N2CCN(S(=O)(=O)c3ccc(Br)cc3)CC2)nc2ccccc2c1=O. The van der Waals surface area contributed by atoms with Gasteiger partial charge in [0, 0.05) is 37.8 Å². The Morgan fingerprint density at radius 2 is 1.73 bits per heavy atom. The minimum atomic E-state index is -3.55. The molecule has 33 heavy (non-hydrogen) atoms. The van der Waals surface area contributed by atoms with E-state index < -0.39 is 10.0 Å². The van der Waals surface area contributed by atoms with Crippen molar-refractivity contribution in [3.05, 3.63) is 69.2 Å². The minimum absolute atomic E-state index is 0.0871. The summed E-state index contributed by atoms with van der Waals surface area (Å²) < 4.78 is 35.3. The number of hydrogen-bond donors (Lipinski definition) is 0. The van der Waals surface area contributed by atoms with Crippen LogP contribution < -0.4 is 5.56 Å². The van der Waals surface area contributed by atoms with Gasteiger partial charge >= 0.3 is 0 Å². The van der Waals surface area contributed by atoms with Crippen LogP contribution >= 0.6 is 15.9 Å². The maximum Gasteiger partial charge on any atom is 0.261 e. The van der Waals surface area contributed by atoms with Gasteiger partial charge in [-0.1, -0.05) is 28.1 Å². The molecule has 0 radical (unpaired) electrons. The third kappa shape index (κ3) is 4.90. The smallest absolute Gasteiger partial charge is 0.261 e. The molecule has 1 aromatic heterocycles. The van der Waals surface area contributed by atoms with E-state index in [4.69, 9.17) is 9.72 Å². The van der Waals surface area contributed by atoms with Gasteiger partial charge in [-0.05, 0) is 43.3 Å². The van der Waals surface area contributed by atoms with E-state index in [1.54, 1.807) is 42.0 Å². The summed E-state index contributed by atoms with van der Waals surface area (Å²) in [6, 6.07) is 13.9. The molecule has 3 aromatic rings. The van der Waals surface area contributed by atoms with E-state index in [0.717, 1.165) is 4.47 Å². The maximum absolute atomic E-state index is 13.2. The zero-order valence-corrected chi connectivity index (χ0v) is 21.0. The van der Waals surface area contributed by atoms with Crippen LogP contribution in [-0.4, -0.2) is 67.1 Å². The van der Waals surface area contributed by atoms with Crippen LogP contribution in [0.4, 0.5) is 0 Å². The van der Waals surface area contributed by atoms with Crippen LogP contribution in [0, 0.1) is 0 Å². The van der Waals surface area contributed by atoms with Crippen LogP contribution in [0.25, 0.3) is 10.9 Å². The molecule has 2 heterocycles. The number of rotatable bonds is 7. The van der Waals surface area contributed by atoms with Crippen LogP contribution in [0.3, 0.4) is 0 Å². The summed E-state index contributed by atoms with van der Waals surface area (Å²) in [6.07, 6.45) is 0. The van der Waals surface area contributed by atoms with Crippen molar-refractivity contribution in [2.45, 2.75) is 24.4 Å². The third-order valence-corrected chi connectivity index (χ3v) is 8.50. The predicted molar refractivity (Wildman–Crippen MR) is 131 cm³/mol. The highest BCUT2D eigenvalue weighted by Crippen LogP contribution is 2.25. The summed E-state index contributed by atoms with van der Waals surface area (Å²) in [5.74, 6) is 0.667. The normalized spacial score (nSPS) is 16.8. The number of halogens is 1. The summed E-state index contributed by atoms with van der Waals surface area (Å²) in [4.78, 5) is 20.4. The number of hydrogen-bond acceptors (Lipinski definition) is 6. The first-order valence-corrected chi connectivity index (χ1v) is 13.0. The van der Waals surface area contributed by atoms with Crippen molar-refractivity contribution in [3.63, 3.8) is 0 Å². The highest BCUT2D eigenvalue weighted by Gasteiger charge is 2.31. The molecule has 1 aliphatic heterocycles. The van der Waals surface area contributed by atoms with Gasteiger partial charge in [0.25, 0.3) is 5.56 Å². The largest absolute Gasteiger partial charge is 0.383 e. The molecule has 1 fully saturated rings. The van der Waals surface area contributed by atoms with Gasteiger partial charge in [0.1, 0.15) is 5.82 Å². The van der Waals surface area contributed by atoms with Crippen molar-refractivity contribution < 1.29 is 13.2 Å². The summed E-state index contributed by atoms with van der Waals surface area (Å²) in [5, 5.41) is 0.579. The third-order valence-electron chi connectivity index (χ3n) is 6.06. The Labute approximate surface area is 202 Å². The monoisotopic (exact) mass is 534 g/mol. The van der Waals surface area contributed by atoms with Crippen LogP contribution in [-0.2, 0) is 21.3 Å². The summed E-state index contributed by atoms with van der Waals surface area (Å²) >= 11 is 3.34. The lowest BCUT2D eigenvalue weighted by Gasteiger charge is -2.37. The van der Waals surface area contributed by atoms with Gasteiger partial charge < -0.3 is 4.74 Å². The minimum Gasteiger partial charge on any atom is -0.383 e. The Morgan fingerprint density at radius 3 is 2.39 bits per heavy atom. The number of methoxy groups -OCH3 is 1. The summed E-state index contributed by atoms with van der Waals surface area (Å²) in [5.41, 5.74) is 0.574. The first-order chi connectivity index (χ1) is 15.8. The highest BCUT2D eigenvalue weighted by molar-refractivity contribution is 9.10. The Bertz CT molecular complexity index is 1290. The maximum atomic E-state index is 13.2. The number of sulfonamides is 1. The second kappa shape index (κ2) is 10.0. The van der Waals surface area contributed by atoms with E-state index in [0.29, 0.717) is 56.1 Å². The molecule has 1 saturated heterocycles. The molecular formula is C23H27BrN4O4S. The number of nitrogens with zero attached hydrogens (tertiary/aromatic N) is 4. The standard InChI is InChI=1S/C23H27BrN4O4S/c1-17(22-25-21-6-4-3-5-20(21)23(29)28(22)15-16-32-2)26-11-13-27(14-12-26)33(30,31)19-9-7-18(24)8-10-19/h3-10,17H,11-16H2,1-2H3. The van der Waals surface area contributed by atoms with Crippen molar-refractivity contribution in [2.24, 2.45) is 0 Å². The average Bonchev–Trinajstić information content (AvgIpc) is 2.83. The Hall–Kier alpha value is -2.11. The molecule has 1 aliphatic rings. The van der Waals surface area contributed by atoms with Crippen molar-refractivity contribution in [1.29, 1.82) is 0 Å². The van der Waals surface area contributed by atoms with Gasteiger partial charge in [-0.15, -0.1) is 0 Å². The molecule has 176 valence electrons. The van der Waals surface area contributed by atoms with Crippen LogP contribution in [0.15, 0.2) is 62.7 Å². The van der Waals surface area contributed by atoms with Crippen molar-refractivity contribution in [1.82, 2.24) is 18.8 Å². The number of para-hydroxylation sites is 1. The number of fused-ring (bicyclic) bond motifs is 1. The Balaban J connectivity index is 1.57. The second-order valence-corrected chi connectivity index (χ2v) is 10.9. The Morgan fingerprint density at radius 1 is 1.06 bits per heavy atom. The molecule has 8 nitrogen and oxygen atoms in total. The van der Waals surface area contributed by atoms with Gasteiger partial charge in [-0.2, -0.15) is 4.31 Å². The number of aromatic nitrogens is 2. The molecular weight excluding hydrogens is 508 g/mol. The fraction of sp³-hybridized carbons (Fsp3) is 0.391. The molecule has 0 saturated carbocycles. The van der Waals surface area contributed by atoms with E-state index in [1.165, 1.54) is 4.31 Å². The molecule has 0 aliphatic carbocycles. The molecule has 0 amide bonds. The van der Waals surface area contributed by atoms with E-state index >= 15 is 0 Å². The second-order valence-electron chi connectivity index (χ2n) is 8.01. The van der Waals surface area contributed by atoms with Gasteiger partial charge in [-0.3, -0.25) is 14.3 Å². The van der Waals surface area contributed by atoms with E-state index in [1.807, 2.05) is 25.1 Å². The highest BCUT2D eigenvalue weighted by atomic mass is 79.9. The molecule has 0 spiro atoms. The lowest BCUT2D eigenvalue weighted by atomic mass is 10.2. The first-order valence-electron chi connectivity index (χ1n) is 10.8. The van der Waals surface area contributed by atoms with Gasteiger partial charge in [0.15, 0.2) is 0 Å². The van der Waals surface area contributed by atoms with Gasteiger partial charge in [-0.25, -0.2) is 13.4 Å². The van der Waals surface area contributed by atoms with Crippen molar-refractivity contribution >= 4 is 36.9 Å². The summed E-state index contributed by atoms with van der Waals surface area (Å²) in [6.45, 7) is 4.66. The predicted octanol–water partition coefficient (Wildman–Crippen LogP) is 2.87. The zero-order valence-electron chi connectivity index (χ0n) is 18.6. The fourth-order valence-electron chi connectivity index (χ4n) is 4.15. The number of benzene rings is 2. The lowest BCUT2D eigenvalue weighted by molar-refractivity contribution is 0.134. The fourth-order valence-corrected chi connectivity index (χ4v) is 5.84.